The van der Waals surface area contributed by atoms with Crippen LogP contribution in [0.1, 0.15) is 77.2 Å². The van der Waals surface area contributed by atoms with E-state index in [9.17, 15) is 9.90 Å². The highest BCUT2D eigenvalue weighted by molar-refractivity contribution is 5.72. The van der Waals surface area contributed by atoms with Gasteiger partial charge >= 0.3 is 5.97 Å². The second-order valence-electron chi connectivity index (χ2n) is 13.0. The first-order chi connectivity index (χ1) is 18.2. The van der Waals surface area contributed by atoms with Gasteiger partial charge in [-0.05, 0) is 123 Å². The molecule has 3 fully saturated rings. The van der Waals surface area contributed by atoms with Gasteiger partial charge in [-0.2, -0.15) is 0 Å². The van der Waals surface area contributed by atoms with Gasteiger partial charge < -0.3 is 15.1 Å². The summed E-state index contributed by atoms with van der Waals surface area (Å²) >= 11 is 0. The van der Waals surface area contributed by atoms with Crippen LogP contribution in [0.2, 0.25) is 0 Å². The standard InChI is InChI=1S/C31H42N2O2.CH2O2/c1-30-13-10-20(28-18-21(29(34)35)12-16-33(28)3)17-23(30)6-7-24-26-9-8-25(22-5-4-15-32-19-22)31(26,2)14-11-27(24)30;2-1-3/h4-6,8,15,19-21,24,26-28H,7,9-14,16-18H2,1-3H3,(H,34,35);1H,(H,2,3)/t20-,21?,24-,26-,27-,28?,30-,31+;/m0./s1. The molecule has 0 radical (unpaired) electrons. The van der Waals surface area contributed by atoms with Gasteiger partial charge in [-0.1, -0.05) is 37.6 Å². The number of aliphatic carboxylic acids is 1. The number of nitrogens with zero attached hydrogens (tertiary/aromatic N) is 2. The molecular formula is C32H44N2O4. The molecule has 206 valence electrons. The predicted molar refractivity (Wildman–Crippen MR) is 148 cm³/mol. The number of rotatable bonds is 3. The lowest BCUT2D eigenvalue weighted by molar-refractivity contribution is -0.144. The van der Waals surface area contributed by atoms with Crippen LogP contribution in [0.4, 0.5) is 0 Å². The molecule has 0 amide bonds. The number of pyridine rings is 1. The van der Waals surface area contributed by atoms with Crippen molar-refractivity contribution in [1.82, 2.24) is 9.88 Å². The molecule has 0 bridgehead atoms. The maximum atomic E-state index is 11.7. The van der Waals surface area contributed by atoms with E-state index in [4.69, 9.17) is 9.90 Å². The zero-order valence-electron chi connectivity index (χ0n) is 23.2. The maximum absolute atomic E-state index is 11.7. The highest BCUT2D eigenvalue weighted by Crippen LogP contribution is 2.66. The van der Waals surface area contributed by atoms with E-state index in [2.05, 4.69) is 61.3 Å². The van der Waals surface area contributed by atoms with Crippen molar-refractivity contribution in [1.29, 1.82) is 0 Å². The molecule has 0 aromatic carbocycles. The van der Waals surface area contributed by atoms with Gasteiger partial charge in [0.2, 0.25) is 0 Å². The molecule has 1 saturated heterocycles. The summed E-state index contributed by atoms with van der Waals surface area (Å²) in [4.78, 5) is 27.0. The van der Waals surface area contributed by atoms with Crippen LogP contribution >= 0.6 is 0 Å². The van der Waals surface area contributed by atoms with Crippen molar-refractivity contribution in [2.75, 3.05) is 13.6 Å². The van der Waals surface area contributed by atoms with Crippen molar-refractivity contribution >= 4 is 18.0 Å². The molecule has 1 aromatic rings. The summed E-state index contributed by atoms with van der Waals surface area (Å²) < 4.78 is 0. The number of fused-ring (bicyclic) bond motifs is 5. The molecule has 1 aromatic heterocycles. The quantitative estimate of drug-likeness (QED) is 0.367. The summed E-state index contributed by atoms with van der Waals surface area (Å²) in [5.74, 6) is 2.16. The van der Waals surface area contributed by atoms with Crippen molar-refractivity contribution in [3.63, 3.8) is 0 Å². The van der Waals surface area contributed by atoms with E-state index in [1.165, 1.54) is 50.5 Å². The Bertz CT molecular complexity index is 1100. The van der Waals surface area contributed by atoms with Crippen LogP contribution in [0.5, 0.6) is 0 Å². The lowest BCUT2D eigenvalue weighted by Gasteiger charge is -2.58. The number of carbonyl (C=O) groups is 2. The van der Waals surface area contributed by atoms with Crippen molar-refractivity contribution in [2.45, 2.75) is 77.7 Å². The summed E-state index contributed by atoms with van der Waals surface area (Å²) in [6.07, 6.45) is 19.5. The van der Waals surface area contributed by atoms with Gasteiger partial charge in [-0.3, -0.25) is 14.6 Å². The van der Waals surface area contributed by atoms with Crippen LogP contribution in [-0.2, 0) is 9.59 Å². The molecule has 4 aliphatic carbocycles. The number of likely N-dealkylation sites (tertiary alicyclic amines) is 1. The zero-order chi connectivity index (χ0) is 27.1. The van der Waals surface area contributed by atoms with E-state index >= 15 is 0 Å². The van der Waals surface area contributed by atoms with E-state index < -0.39 is 5.97 Å². The first-order valence-corrected chi connectivity index (χ1v) is 14.5. The molecule has 38 heavy (non-hydrogen) atoms. The predicted octanol–water partition coefficient (Wildman–Crippen LogP) is 6.15. The average molecular weight is 521 g/mol. The minimum absolute atomic E-state index is 0.158. The Morgan fingerprint density at radius 2 is 1.87 bits per heavy atom. The SMILES string of the molecule is CN1CCC(C(=O)O)CC1[C@H]1CC[C@@]2(C)C(=CC[C@@H]3[C@@H]2CC[C@]2(C)C(c4cccnc4)=CC[C@@H]32)C1.O=CO. The van der Waals surface area contributed by atoms with Gasteiger partial charge in [0.05, 0.1) is 5.92 Å². The minimum Gasteiger partial charge on any atom is -0.483 e. The third kappa shape index (κ3) is 4.53. The number of carboxylic acid groups (broad SMARTS) is 2. The summed E-state index contributed by atoms with van der Waals surface area (Å²) in [5.41, 5.74) is 5.19. The van der Waals surface area contributed by atoms with Crippen LogP contribution < -0.4 is 0 Å². The van der Waals surface area contributed by atoms with Crippen LogP contribution in [-0.4, -0.2) is 52.2 Å². The van der Waals surface area contributed by atoms with Crippen LogP contribution in [0, 0.1) is 40.4 Å². The molecule has 1 aliphatic heterocycles. The Balaban J connectivity index is 0.000000937. The summed E-state index contributed by atoms with van der Waals surface area (Å²) in [6, 6.07) is 4.75. The third-order valence-electron chi connectivity index (χ3n) is 11.5. The number of allylic oxidation sites excluding steroid dienone is 4. The van der Waals surface area contributed by atoms with E-state index in [1.54, 1.807) is 11.1 Å². The number of carboxylic acids is 1. The van der Waals surface area contributed by atoms with Gasteiger partial charge in [0.1, 0.15) is 0 Å². The van der Waals surface area contributed by atoms with Crippen molar-refractivity contribution in [2.24, 2.45) is 40.4 Å². The highest BCUT2D eigenvalue weighted by Gasteiger charge is 2.57. The number of piperidine rings is 1. The second kappa shape index (κ2) is 10.6. The van der Waals surface area contributed by atoms with Gasteiger partial charge in [-0.15, -0.1) is 0 Å². The molecule has 8 atom stereocenters. The summed E-state index contributed by atoms with van der Waals surface area (Å²) in [6.45, 7) is 5.80. The molecule has 2 N–H and O–H groups in total. The number of hydrogen-bond donors (Lipinski definition) is 2. The first-order valence-electron chi connectivity index (χ1n) is 14.5. The van der Waals surface area contributed by atoms with Crippen LogP contribution in [0.25, 0.3) is 5.57 Å². The maximum Gasteiger partial charge on any atom is 0.306 e. The van der Waals surface area contributed by atoms with E-state index in [0.29, 0.717) is 17.4 Å². The topological polar surface area (TPSA) is 90.7 Å². The lowest BCUT2D eigenvalue weighted by atomic mass is 9.46. The van der Waals surface area contributed by atoms with Crippen molar-refractivity contribution in [3.8, 4) is 0 Å². The Morgan fingerprint density at radius 3 is 2.58 bits per heavy atom. The monoisotopic (exact) mass is 520 g/mol. The van der Waals surface area contributed by atoms with E-state index in [0.717, 1.165) is 37.1 Å². The Morgan fingerprint density at radius 1 is 1.11 bits per heavy atom. The number of hydrogen-bond acceptors (Lipinski definition) is 4. The fourth-order valence-electron chi connectivity index (χ4n) is 9.45. The van der Waals surface area contributed by atoms with Crippen LogP contribution in [0.3, 0.4) is 0 Å². The van der Waals surface area contributed by atoms with Crippen molar-refractivity contribution in [3.05, 3.63) is 47.8 Å². The zero-order valence-corrected chi connectivity index (χ0v) is 23.2. The van der Waals surface area contributed by atoms with E-state index in [1.807, 2.05) is 6.20 Å². The fourth-order valence-corrected chi connectivity index (χ4v) is 9.45. The normalized spacial score (nSPS) is 40.3. The van der Waals surface area contributed by atoms with Crippen molar-refractivity contribution < 1.29 is 19.8 Å². The summed E-state index contributed by atoms with van der Waals surface area (Å²) in [7, 11) is 2.22. The molecule has 6 nitrogen and oxygen atoms in total. The smallest absolute Gasteiger partial charge is 0.306 e. The van der Waals surface area contributed by atoms with Crippen LogP contribution in [0.15, 0.2) is 42.3 Å². The molecule has 0 spiro atoms. The first kappa shape index (κ1) is 27.1. The molecule has 2 heterocycles. The molecule has 5 aliphatic rings. The van der Waals surface area contributed by atoms with Gasteiger partial charge in [0.25, 0.3) is 6.47 Å². The van der Waals surface area contributed by atoms with Gasteiger partial charge in [0, 0.05) is 18.4 Å². The third-order valence-corrected chi connectivity index (χ3v) is 11.5. The lowest BCUT2D eigenvalue weighted by Crippen LogP contribution is -2.52. The Labute approximate surface area is 227 Å². The van der Waals surface area contributed by atoms with E-state index in [-0.39, 0.29) is 17.8 Å². The largest absolute Gasteiger partial charge is 0.483 e. The molecule has 2 unspecified atom stereocenters. The minimum atomic E-state index is -0.593. The molecular weight excluding hydrogens is 476 g/mol. The van der Waals surface area contributed by atoms with Gasteiger partial charge in [-0.25, -0.2) is 0 Å². The number of aromatic nitrogens is 1. The highest BCUT2D eigenvalue weighted by atomic mass is 16.4. The molecule has 2 saturated carbocycles. The molecule has 6 rings (SSSR count). The molecule has 6 heteroatoms. The Kier molecular flexibility index (Phi) is 7.56. The fraction of sp³-hybridized carbons (Fsp3) is 0.656. The Hall–Kier alpha value is -2.47. The summed E-state index contributed by atoms with van der Waals surface area (Å²) in [5, 5.41) is 16.5. The van der Waals surface area contributed by atoms with Gasteiger partial charge in [0.15, 0.2) is 0 Å². The second-order valence-corrected chi connectivity index (χ2v) is 13.0. The average Bonchev–Trinajstić information content (AvgIpc) is 3.26.